The molecule has 2 aromatic heterocycles. The summed E-state index contributed by atoms with van der Waals surface area (Å²) in [6, 6.07) is 27.7. The van der Waals surface area contributed by atoms with Crippen LogP contribution in [0, 0.1) is 0 Å². The molecule has 1 aliphatic rings. The molecule has 9 nitrogen and oxygen atoms in total. The average molecular weight is 587 g/mol. The second kappa shape index (κ2) is 11.3. The number of pyridine rings is 1. The molecule has 3 heterocycles. The van der Waals surface area contributed by atoms with Gasteiger partial charge in [-0.15, -0.1) is 0 Å². The molecule has 10 heteroatoms. The van der Waals surface area contributed by atoms with Crippen LogP contribution in [0.25, 0.3) is 22.2 Å². The van der Waals surface area contributed by atoms with E-state index in [0.717, 1.165) is 27.5 Å². The lowest BCUT2D eigenvalue weighted by Gasteiger charge is -2.32. The largest absolute Gasteiger partial charge is 0.494 e. The highest BCUT2D eigenvalue weighted by atomic mass is 16.7. The Labute approximate surface area is 256 Å². The van der Waals surface area contributed by atoms with E-state index in [1.807, 2.05) is 88.4 Å². The fourth-order valence-corrected chi connectivity index (χ4v) is 5.00. The second-order valence-corrected chi connectivity index (χ2v) is 11.9. The van der Waals surface area contributed by atoms with Gasteiger partial charge in [-0.3, -0.25) is 9.36 Å². The van der Waals surface area contributed by atoms with E-state index in [4.69, 9.17) is 15.0 Å². The molecule has 222 valence electrons. The molecule has 3 aromatic carbocycles. The van der Waals surface area contributed by atoms with Crippen molar-refractivity contribution in [3.8, 4) is 11.3 Å². The number of amides is 2. The molecular formula is C34H34BN5O4. The third-order valence-electron chi connectivity index (χ3n) is 8.37. The summed E-state index contributed by atoms with van der Waals surface area (Å²) in [4.78, 5) is 30.4. The molecular weight excluding hydrogens is 553 g/mol. The first-order chi connectivity index (χ1) is 21.0. The van der Waals surface area contributed by atoms with Gasteiger partial charge in [-0.05, 0) is 75.1 Å². The maximum atomic E-state index is 13.1. The van der Waals surface area contributed by atoms with E-state index in [2.05, 4.69) is 15.6 Å². The molecule has 1 saturated heterocycles. The summed E-state index contributed by atoms with van der Waals surface area (Å²) in [5.41, 5.74) is 10.3. The van der Waals surface area contributed by atoms with Crippen molar-refractivity contribution in [3.63, 3.8) is 0 Å². The number of fused-ring (bicyclic) bond motifs is 1. The van der Waals surface area contributed by atoms with Gasteiger partial charge in [0.25, 0.3) is 5.91 Å². The number of nitrogens with two attached hydrogens (primary N) is 1. The summed E-state index contributed by atoms with van der Waals surface area (Å²) in [5, 5.41) is 6.74. The molecule has 1 fully saturated rings. The Kier molecular flexibility index (Phi) is 7.48. The molecule has 6 rings (SSSR count). The Morgan fingerprint density at radius 3 is 2.25 bits per heavy atom. The van der Waals surface area contributed by atoms with Crippen LogP contribution in [0.3, 0.4) is 0 Å². The van der Waals surface area contributed by atoms with E-state index in [1.54, 1.807) is 41.1 Å². The van der Waals surface area contributed by atoms with Gasteiger partial charge >= 0.3 is 13.1 Å². The maximum absolute atomic E-state index is 13.1. The zero-order chi connectivity index (χ0) is 31.1. The SMILES string of the molecule is CC1(C)OB(c2ccc(-c3ccc(N)c(NC(=O)c4ccc(CNC(=O)n5ccc6ccccc65)cc4)n3)cc2)OC1(C)C. The first-order valence-electron chi connectivity index (χ1n) is 14.5. The standard InChI is InChI=1S/C34H34BN5O4/c1-33(2)34(3,4)44-35(43-33)26-15-13-23(14-16-26)28-18-17-27(36)30(38-28)39-31(41)25-11-9-22(10-12-25)21-37-32(42)40-20-19-24-7-5-6-8-29(24)40/h5-20H,21,36H2,1-4H3,(H,37,42)(H,38,39,41). The summed E-state index contributed by atoms with van der Waals surface area (Å²) in [7, 11) is -0.453. The Morgan fingerprint density at radius 2 is 1.55 bits per heavy atom. The number of rotatable bonds is 6. The lowest BCUT2D eigenvalue weighted by atomic mass is 9.79. The van der Waals surface area contributed by atoms with Crippen molar-refractivity contribution in [1.82, 2.24) is 14.9 Å². The molecule has 0 saturated carbocycles. The maximum Gasteiger partial charge on any atom is 0.494 e. The smallest absolute Gasteiger partial charge is 0.399 e. The lowest BCUT2D eigenvalue weighted by molar-refractivity contribution is 0.00578. The lowest BCUT2D eigenvalue weighted by Crippen LogP contribution is -2.41. The van der Waals surface area contributed by atoms with Crippen molar-refractivity contribution < 1.29 is 18.9 Å². The molecule has 44 heavy (non-hydrogen) atoms. The summed E-state index contributed by atoms with van der Waals surface area (Å²) < 4.78 is 13.9. The van der Waals surface area contributed by atoms with Gasteiger partial charge in [0, 0.05) is 29.3 Å². The zero-order valence-electron chi connectivity index (χ0n) is 25.1. The van der Waals surface area contributed by atoms with Crippen LogP contribution < -0.4 is 21.8 Å². The molecule has 4 N–H and O–H groups in total. The average Bonchev–Trinajstić information content (AvgIpc) is 3.54. The number of anilines is 2. The zero-order valence-corrected chi connectivity index (χ0v) is 25.1. The number of para-hydroxylation sites is 1. The summed E-state index contributed by atoms with van der Waals surface area (Å²) >= 11 is 0. The van der Waals surface area contributed by atoms with Crippen molar-refractivity contribution in [1.29, 1.82) is 0 Å². The van der Waals surface area contributed by atoms with Gasteiger partial charge in [0.2, 0.25) is 0 Å². The number of carbonyl (C=O) groups excluding carboxylic acids is 2. The van der Waals surface area contributed by atoms with E-state index in [9.17, 15) is 9.59 Å². The topological polar surface area (TPSA) is 120 Å². The van der Waals surface area contributed by atoms with Crippen LogP contribution in [-0.4, -0.2) is 39.8 Å². The Bertz CT molecular complexity index is 1830. The highest BCUT2D eigenvalue weighted by molar-refractivity contribution is 6.62. The summed E-state index contributed by atoms with van der Waals surface area (Å²) in [6.07, 6.45) is 1.75. The van der Waals surface area contributed by atoms with Gasteiger partial charge in [0.1, 0.15) is 0 Å². The molecule has 2 amide bonds. The van der Waals surface area contributed by atoms with E-state index >= 15 is 0 Å². The van der Waals surface area contributed by atoms with Gasteiger partial charge in [-0.25, -0.2) is 9.78 Å². The second-order valence-electron chi connectivity index (χ2n) is 11.9. The van der Waals surface area contributed by atoms with Crippen molar-refractivity contribution in [3.05, 3.63) is 108 Å². The minimum atomic E-state index is -0.453. The Hall–Kier alpha value is -4.93. The van der Waals surface area contributed by atoms with Crippen LogP contribution in [0.1, 0.15) is 43.6 Å². The van der Waals surface area contributed by atoms with Crippen molar-refractivity contribution >= 4 is 46.9 Å². The first kappa shape index (κ1) is 29.2. The molecule has 0 unspecified atom stereocenters. The Morgan fingerprint density at radius 1 is 0.864 bits per heavy atom. The number of benzene rings is 3. The molecule has 5 aromatic rings. The number of nitrogen functional groups attached to an aromatic ring is 1. The van der Waals surface area contributed by atoms with Gasteiger partial charge in [-0.1, -0.05) is 54.6 Å². The van der Waals surface area contributed by atoms with Crippen LogP contribution in [0.2, 0.25) is 0 Å². The van der Waals surface area contributed by atoms with Gasteiger partial charge in [0.05, 0.1) is 28.1 Å². The van der Waals surface area contributed by atoms with Crippen molar-refractivity contribution in [2.75, 3.05) is 11.1 Å². The number of hydrogen-bond acceptors (Lipinski definition) is 6. The molecule has 0 aliphatic carbocycles. The van der Waals surface area contributed by atoms with Crippen LogP contribution in [0.5, 0.6) is 0 Å². The van der Waals surface area contributed by atoms with Crippen LogP contribution in [0.15, 0.2) is 97.2 Å². The first-order valence-corrected chi connectivity index (χ1v) is 14.5. The third-order valence-corrected chi connectivity index (χ3v) is 8.37. The van der Waals surface area contributed by atoms with E-state index in [0.29, 0.717) is 23.5 Å². The highest BCUT2D eigenvalue weighted by Crippen LogP contribution is 2.36. The predicted molar refractivity (Wildman–Crippen MR) is 174 cm³/mol. The number of nitrogens with one attached hydrogen (secondary N) is 2. The van der Waals surface area contributed by atoms with Crippen LogP contribution >= 0.6 is 0 Å². The number of hydrogen-bond donors (Lipinski definition) is 3. The quantitative estimate of drug-likeness (QED) is 0.223. The van der Waals surface area contributed by atoms with E-state index < -0.39 is 18.3 Å². The van der Waals surface area contributed by atoms with Crippen molar-refractivity contribution in [2.45, 2.75) is 45.4 Å². The van der Waals surface area contributed by atoms with Gasteiger partial charge < -0.3 is 25.7 Å². The van der Waals surface area contributed by atoms with E-state index in [1.165, 1.54) is 0 Å². The van der Waals surface area contributed by atoms with E-state index in [-0.39, 0.29) is 17.8 Å². The van der Waals surface area contributed by atoms with Gasteiger partial charge in [-0.2, -0.15) is 0 Å². The van der Waals surface area contributed by atoms with Crippen LogP contribution in [0.4, 0.5) is 16.3 Å². The number of aromatic nitrogens is 2. The van der Waals surface area contributed by atoms with Crippen molar-refractivity contribution in [2.24, 2.45) is 0 Å². The number of nitrogens with zero attached hydrogens (tertiary/aromatic N) is 2. The highest BCUT2D eigenvalue weighted by Gasteiger charge is 2.51. The Balaban J connectivity index is 1.09. The normalized spacial score (nSPS) is 15.3. The molecule has 0 bridgehead atoms. The predicted octanol–water partition coefficient (Wildman–Crippen LogP) is 5.59. The minimum absolute atomic E-state index is 0.225. The molecule has 0 spiro atoms. The van der Waals surface area contributed by atoms with Crippen LogP contribution in [-0.2, 0) is 15.9 Å². The monoisotopic (exact) mass is 587 g/mol. The fourth-order valence-electron chi connectivity index (χ4n) is 5.00. The third kappa shape index (κ3) is 5.69. The minimum Gasteiger partial charge on any atom is -0.399 e. The number of carbonyl (C=O) groups is 2. The fraction of sp³-hybridized carbons (Fsp3) is 0.206. The molecule has 0 atom stereocenters. The van der Waals surface area contributed by atoms with Gasteiger partial charge in [0.15, 0.2) is 5.82 Å². The molecule has 0 radical (unpaired) electrons. The summed E-state index contributed by atoms with van der Waals surface area (Å²) in [6.45, 7) is 8.42. The summed E-state index contributed by atoms with van der Waals surface area (Å²) in [5.74, 6) is -0.0651. The molecule has 1 aliphatic heterocycles.